The molecule has 0 radical (unpaired) electrons. The number of hydrogen-bond donors (Lipinski definition) is 2. The lowest BCUT2D eigenvalue weighted by atomic mass is 10.0. The van der Waals surface area contributed by atoms with Crippen molar-refractivity contribution in [3.05, 3.63) is 28.6 Å². The molecule has 1 rings (SSSR count). The number of rotatable bonds is 5. The SMILES string of the molecule is CCc1c(CCCO)c[nH]c1/C=C(/C)C#N. The lowest BCUT2D eigenvalue weighted by molar-refractivity contribution is 0.288. The molecule has 0 aliphatic rings. The van der Waals surface area contributed by atoms with Gasteiger partial charge in [0.05, 0.1) is 6.07 Å². The van der Waals surface area contributed by atoms with Crippen molar-refractivity contribution in [3.63, 3.8) is 0 Å². The number of nitrogens with one attached hydrogen (secondary N) is 1. The van der Waals surface area contributed by atoms with Crippen LogP contribution in [0.3, 0.4) is 0 Å². The molecule has 2 N–H and O–H groups in total. The van der Waals surface area contributed by atoms with Crippen LogP contribution in [0.4, 0.5) is 0 Å². The highest BCUT2D eigenvalue weighted by Crippen LogP contribution is 2.19. The van der Waals surface area contributed by atoms with Crippen LogP contribution in [0.2, 0.25) is 0 Å². The summed E-state index contributed by atoms with van der Waals surface area (Å²) in [5.74, 6) is 0. The van der Waals surface area contributed by atoms with Gasteiger partial charge in [0.2, 0.25) is 0 Å². The van der Waals surface area contributed by atoms with Gasteiger partial charge in [0, 0.05) is 24.1 Å². The molecule has 0 saturated carbocycles. The predicted molar refractivity (Wildman–Crippen MR) is 64.8 cm³/mol. The van der Waals surface area contributed by atoms with E-state index in [0.717, 1.165) is 25.0 Å². The highest BCUT2D eigenvalue weighted by atomic mass is 16.2. The molecular weight excluding hydrogens is 200 g/mol. The first-order chi connectivity index (χ1) is 7.72. The van der Waals surface area contributed by atoms with Crippen LogP contribution in [0.1, 0.15) is 37.1 Å². The fourth-order valence-electron chi connectivity index (χ4n) is 1.80. The number of aromatic amines is 1. The number of hydrogen-bond acceptors (Lipinski definition) is 2. The van der Waals surface area contributed by atoms with Crippen LogP contribution < -0.4 is 0 Å². The summed E-state index contributed by atoms with van der Waals surface area (Å²) in [6, 6.07) is 2.12. The van der Waals surface area contributed by atoms with Gasteiger partial charge in [0.15, 0.2) is 0 Å². The van der Waals surface area contributed by atoms with Crippen LogP contribution in [0, 0.1) is 11.3 Å². The quantitative estimate of drug-likeness (QED) is 0.746. The summed E-state index contributed by atoms with van der Waals surface area (Å²) in [6.07, 6.45) is 6.46. The maximum Gasteiger partial charge on any atom is 0.0944 e. The Morgan fingerprint density at radius 1 is 1.62 bits per heavy atom. The molecule has 0 aliphatic heterocycles. The fourth-order valence-corrected chi connectivity index (χ4v) is 1.80. The van der Waals surface area contributed by atoms with Crippen molar-refractivity contribution < 1.29 is 5.11 Å². The second-order valence-corrected chi connectivity index (χ2v) is 3.83. The molecular formula is C13H18N2O. The van der Waals surface area contributed by atoms with Gasteiger partial charge in [-0.3, -0.25) is 0 Å². The zero-order valence-electron chi connectivity index (χ0n) is 9.88. The summed E-state index contributed by atoms with van der Waals surface area (Å²) in [6.45, 7) is 4.12. The standard InChI is InChI=1S/C13H18N2O/c1-3-12-11(5-4-6-16)9-15-13(12)7-10(2)8-14/h7,9,15-16H,3-6H2,1-2H3/b10-7-. The number of aliphatic hydroxyl groups is 1. The summed E-state index contributed by atoms with van der Waals surface area (Å²) in [5.41, 5.74) is 4.22. The summed E-state index contributed by atoms with van der Waals surface area (Å²) >= 11 is 0. The molecule has 0 amide bonds. The van der Waals surface area contributed by atoms with Crippen molar-refractivity contribution in [2.75, 3.05) is 6.61 Å². The van der Waals surface area contributed by atoms with Gasteiger partial charge in [-0.15, -0.1) is 0 Å². The van der Waals surface area contributed by atoms with E-state index >= 15 is 0 Å². The maximum absolute atomic E-state index is 8.82. The Hall–Kier alpha value is -1.53. The van der Waals surface area contributed by atoms with Crippen molar-refractivity contribution in [3.8, 4) is 6.07 Å². The number of aliphatic hydroxyl groups excluding tert-OH is 1. The first-order valence-electron chi connectivity index (χ1n) is 5.61. The monoisotopic (exact) mass is 218 g/mol. The van der Waals surface area contributed by atoms with Crippen LogP contribution in [-0.2, 0) is 12.8 Å². The van der Waals surface area contributed by atoms with Crippen molar-refractivity contribution in [2.24, 2.45) is 0 Å². The number of nitrogens with zero attached hydrogens (tertiary/aromatic N) is 1. The average molecular weight is 218 g/mol. The molecule has 0 atom stereocenters. The van der Waals surface area contributed by atoms with Crippen LogP contribution in [0.5, 0.6) is 0 Å². The molecule has 0 bridgehead atoms. The smallest absolute Gasteiger partial charge is 0.0944 e. The molecule has 3 nitrogen and oxygen atoms in total. The first kappa shape index (κ1) is 12.5. The molecule has 1 heterocycles. The Kier molecular flexibility index (Phi) is 4.81. The van der Waals surface area contributed by atoms with Crippen LogP contribution in [0.15, 0.2) is 11.8 Å². The van der Waals surface area contributed by atoms with Gasteiger partial charge in [0.1, 0.15) is 0 Å². The molecule has 16 heavy (non-hydrogen) atoms. The van der Waals surface area contributed by atoms with E-state index in [1.54, 1.807) is 6.92 Å². The minimum absolute atomic E-state index is 0.219. The Balaban J connectivity index is 2.95. The van der Waals surface area contributed by atoms with Crippen molar-refractivity contribution in [1.82, 2.24) is 4.98 Å². The Labute approximate surface area is 96.4 Å². The zero-order valence-corrected chi connectivity index (χ0v) is 9.88. The molecule has 0 fully saturated rings. The first-order valence-corrected chi connectivity index (χ1v) is 5.61. The van der Waals surface area contributed by atoms with Gasteiger partial charge < -0.3 is 10.1 Å². The lowest BCUT2D eigenvalue weighted by Crippen LogP contribution is -1.93. The summed E-state index contributed by atoms with van der Waals surface area (Å²) in [4.78, 5) is 3.19. The van der Waals surface area contributed by atoms with E-state index < -0.39 is 0 Å². The van der Waals surface area contributed by atoms with E-state index in [2.05, 4.69) is 18.0 Å². The average Bonchev–Trinajstić information content (AvgIpc) is 2.68. The van der Waals surface area contributed by atoms with Crippen molar-refractivity contribution >= 4 is 6.08 Å². The second kappa shape index (κ2) is 6.14. The van der Waals surface area contributed by atoms with Crippen LogP contribution >= 0.6 is 0 Å². The maximum atomic E-state index is 8.82. The lowest BCUT2D eigenvalue weighted by Gasteiger charge is -2.01. The van der Waals surface area contributed by atoms with Crippen molar-refractivity contribution in [2.45, 2.75) is 33.1 Å². The fraction of sp³-hybridized carbons (Fsp3) is 0.462. The normalized spacial score (nSPS) is 11.5. The molecule has 1 aromatic heterocycles. The molecule has 0 saturated heterocycles. The molecule has 3 heteroatoms. The molecule has 86 valence electrons. The largest absolute Gasteiger partial charge is 0.396 e. The minimum Gasteiger partial charge on any atom is -0.396 e. The van der Waals surface area contributed by atoms with Gasteiger partial charge in [-0.1, -0.05) is 6.92 Å². The summed E-state index contributed by atoms with van der Waals surface area (Å²) < 4.78 is 0. The molecule has 0 aliphatic carbocycles. The zero-order chi connectivity index (χ0) is 12.0. The minimum atomic E-state index is 0.219. The third kappa shape index (κ3) is 2.98. The van der Waals surface area contributed by atoms with E-state index in [9.17, 15) is 0 Å². The summed E-state index contributed by atoms with van der Waals surface area (Å²) in [5, 5.41) is 17.6. The van der Waals surface area contributed by atoms with Gasteiger partial charge in [0.25, 0.3) is 0 Å². The summed E-state index contributed by atoms with van der Waals surface area (Å²) in [7, 11) is 0. The Bertz CT molecular complexity index is 410. The van der Waals surface area contributed by atoms with E-state index in [1.165, 1.54) is 11.1 Å². The second-order valence-electron chi connectivity index (χ2n) is 3.83. The Morgan fingerprint density at radius 2 is 2.38 bits per heavy atom. The molecule has 0 unspecified atom stereocenters. The number of nitriles is 1. The van der Waals surface area contributed by atoms with Gasteiger partial charge in [-0.2, -0.15) is 5.26 Å². The highest BCUT2D eigenvalue weighted by molar-refractivity contribution is 5.58. The van der Waals surface area contributed by atoms with E-state index in [4.69, 9.17) is 10.4 Å². The van der Waals surface area contributed by atoms with Gasteiger partial charge >= 0.3 is 0 Å². The predicted octanol–water partition coefficient (Wildman–Crippen LogP) is 2.43. The highest BCUT2D eigenvalue weighted by Gasteiger charge is 2.07. The number of H-pyrrole nitrogens is 1. The molecule has 0 spiro atoms. The van der Waals surface area contributed by atoms with Crippen LogP contribution in [0.25, 0.3) is 6.08 Å². The van der Waals surface area contributed by atoms with Gasteiger partial charge in [-0.05, 0) is 43.4 Å². The number of aryl methyl sites for hydroxylation is 1. The Morgan fingerprint density at radius 3 is 2.94 bits per heavy atom. The van der Waals surface area contributed by atoms with E-state index in [-0.39, 0.29) is 6.61 Å². The molecule has 0 aromatic carbocycles. The topological polar surface area (TPSA) is 59.8 Å². The van der Waals surface area contributed by atoms with Crippen molar-refractivity contribution in [1.29, 1.82) is 5.26 Å². The van der Waals surface area contributed by atoms with E-state index in [1.807, 2.05) is 12.3 Å². The van der Waals surface area contributed by atoms with Crippen LogP contribution in [-0.4, -0.2) is 16.7 Å². The van der Waals surface area contributed by atoms with E-state index in [0.29, 0.717) is 5.57 Å². The third-order valence-corrected chi connectivity index (χ3v) is 2.61. The third-order valence-electron chi connectivity index (χ3n) is 2.61. The number of aromatic nitrogens is 1. The molecule has 1 aromatic rings. The van der Waals surface area contributed by atoms with Gasteiger partial charge in [-0.25, -0.2) is 0 Å². The number of allylic oxidation sites excluding steroid dienone is 1.